The maximum absolute atomic E-state index is 13.6. The molecule has 1 aliphatic carbocycles. The summed E-state index contributed by atoms with van der Waals surface area (Å²) in [5, 5.41) is 21.5. The minimum Gasteiger partial charge on any atom is -0.480 e. The molecule has 0 radical (unpaired) electrons. The number of nitriles is 1. The Kier molecular flexibility index (Phi) is 11.5. The Morgan fingerprint density at radius 3 is 2.31 bits per heavy atom. The third kappa shape index (κ3) is 8.36. The zero-order valence-corrected chi connectivity index (χ0v) is 27.9. The Balaban J connectivity index is 1.25. The van der Waals surface area contributed by atoms with Crippen LogP contribution in [0.1, 0.15) is 42.9 Å². The normalized spacial score (nSPS) is 13.9. The second-order valence-corrected chi connectivity index (χ2v) is 12.7. The SMILES string of the molecule is CCN(CC)c1ccc2c(COP(=O)(OCCC#N)OC[C@H](NC(=O)OCC3c4ccccc4-c4ccccc43)C(=O)O)cc(=O)oc2c1. The molecule has 1 aliphatic rings. The number of hydrogen-bond acceptors (Lipinski definition) is 11. The minimum absolute atomic E-state index is 0.0542. The molecule has 0 aliphatic heterocycles. The fourth-order valence-electron chi connectivity index (χ4n) is 5.71. The molecule has 2 atom stereocenters. The van der Waals surface area contributed by atoms with Crippen molar-refractivity contribution in [2.45, 2.75) is 38.8 Å². The molecule has 5 rings (SSSR count). The van der Waals surface area contributed by atoms with Crippen molar-refractivity contribution in [3.05, 3.63) is 99.9 Å². The number of ether oxygens (including phenoxy) is 1. The molecule has 2 N–H and O–H groups in total. The van der Waals surface area contributed by atoms with E-state index in [4.69, 9.17) is 28.0 Å². The lowest BCUT2D eigenvalue weighted by Gasteiger charge is -2.22. The molecule has 0 fully saturated rings. The number of nitrogens with one attached hydrogen (secondary N) is 1. The first-order chi connectivity index (χ1) is 23.7. The zero-order valence-electron chi connectivity index (χ0n) is 27.0. The number of phosphoric acid groups is 1. The van der Waals surface area contributed by atoms with Gasteiger partial charge in [-0.2, -0.15) is 5.26 Å². The maximum Gasteiger partial charge on any atom is 0.475 e. The van der Waals surface area contributed by atoms with Crippen LogP contribution in [0.2, 0.25) is 0 Å². The number of carboxylic acids is 1. The van der Waals surface area contributed by atoms with E-state index in [-0.39, 0.29) is 31.1 Å². The molecule has 4 aromatic rings. The predicted octanol–water partition coefficient (Wildman–Crippen LogP) is 6.20. The fraction of sp³-hybridized carbons (Fsp3) is 0.314. The monoisotopic (exact) mass is 689 g/mol. The number of nitrogens with zero attached hydrogens (tertiary/aromatic N) is 2. The quantitative estimate of drug-likeness (QED) is 0.0774. The van der Waals surface area contributed by atoms with Gasteiger partial charge < -0.3 is 24.5 Å². The van der Waals surface area contributed by atoms with E-state index in [1.807, 2.05) is 74.5 Å². The van der Waals surface area contributed by atoms with E-state index >= 15 is 0 Å². The topological polar surface area (TPSA) is 178 Å². The summed E-state index contributed by atoms with van der Waals surface area (Å²) in [6.07, 6.45) is -1.19. The molecule has 14 heteroatoms. The summed E-state index contributed by atoms with van der Waals surface area (Å²) in [5.41, 5.74) is 4.81. The van der Waals surface area contributed by atoms with Gasteiger partial charge in [-0.05, 0) is 53.8 Å². The first-order valence-corrected chi connectivity index (χ1v) is 17.2. The average molecular weight is 690 g/mol. The summed E-state index contributed by atoms with van der Waals surface area (Å²) in [6.45, 7) is 3.81. The van der Waals surface area contributed by atoms with Gasteiger partial charge in [0.2, 0.25) is 0 Å². The number of hydrogen-bond donors (Lipinski definition) is 2. The highest BCUT2D eigenvalue weighted by atomic mass is 31.2. The second-order valence-electron chi connectivity index (χ2n) is 11.1. The van der Waals surface area contributed by atoms with Crippen LogP contribution >= 0.6 is 7.82 Å². The Morgan fingerprint density at radius 1 is 1.00 bits per heavy atom. The van der Waals surface area contributed by atoms with Crippen LogP contribution in [0.25, 0.3) is 22.1 Å². The van der Waals surface area contributed by atoms with Crippen molar-refractivity contribution in [1.29, 1.82) is 5.26 Å². The summed E-state index contributed by atoms with van der Waals surface area (Å²) in [6, 6.07) is 22.2. The third-order valence-electron chi connectivity index (χ3n) is 8.12. The van der Waals surface area contributed by atoms with Gasteiger partial charge in [0, 0.05) is 42.2 Å². The molecule has 1 aromatic heterocycles. The van der Waals surface area contributed by atoms with Gasteiger partial charge in [0.1, 0.15) is 12.2 Å². The molecule has 1 heterocycles. The lowest BCUT2D eigenvalue weighted by atomic mass is 9.98. The number of phosphoric ester groups is 1. The van der Waals surface area contributed by atoms with Crippen molar-refractivity contribution < 1.29 is 42.0 Å². The molecule has 0 saturated carbocycles. The van der Waals surface area contributed by atoms with Gasteiger partial charge in [-0.3, -0.25) is 13.6 Å². The molecular weight excluding hydrogens is 653 g/mol. The molecule has 0 spiro atoms. The van der Waals surface area contributed by atoms with Gasteiger partial charge >= 0.3 is 25.5 Å². The highest BCUT2D eigenvalue weighted by molar-refractivity contribution is 7.48. The molecule has 256 valence electrons. The highest BCUT2D eigenvalue weighted by Crippen LogP contribution is 2.50. The average Bonchev–Trinajstić information content (AvgIpc) is 3.42. The second kappa shape index (κ2) is 15.9. The van der Waals surface area contributed by atoms with Gasteiger partial charge in [0.05, 0.1) is 32.3 Å². The van der Waals surface area contributed by atoms with Crippen LogP contribution in [0, 0.1) is 11.3 Å². The number of fused-ring (bicyclic) bond motifs is 4. The van der Waals surface area contributed by atoms with Crippen LogP contribution in [0.4, 0.5) is 10.5 Å². The highest BCUT2D eigenvalue weighted by Gasteiger charge is 2.33. The van der Waals surface area contributed by atoms with Gasteiger partial charge in [0.15, 0.2) is 6.04 Å². The summed E-state index contributed by atoms with van der Waals surface area (Å²) in [5.74, 6) is -1.74. The summed E-state index contributed by atoms with van der Waals surface area (Å²) >= 11 is 0. The van der Waals surface area contributed by atoms with Crippen molar-refractivity contribution in [1.82, 2.24) is 5.32 Å². The molecular formula is C35H36N3O10P. The van der Waals surface area contributed by atoms with Crippen molar-refractivity contribution in [3.63, 3.8) is 0 Å². The largest absolute Gasteiger partial charge is 0.480 e. The van der Waals surface area contributed by atoms with Crippen molar-refractivity contribution in [2.75, 3.05) is 37.8 Å². The molecule has 3 aromatic carbocycles. The van der Waals surface area contributed by atoms with Crippen molar-refractivity contribution >= 4 is 36.5 Å². The fourth-order valence-corrected chi connectivity index (χ4v) is 6.88. The van der Waals surface area contributed by atoms with Gasteiger partial charge in [-0.1, -0.05) is 48.5 Å². The Bertz CT molecular complexity index is 1920. The van der Waals surface area contributed by atoms with Crippen LogP contribution in [-0.4, -0.2) is 56.1 Å². The lowest BCUT2D eigenvalue weighted by Crippen LogP contribution is -2.44. The van der Waals surface area contributed by atoms with Gasteiger partial charge in [-0.15, -0.1) is 0 Å². The molecule has 0 bridgehead atoms. The molecule has 49 heavy (non-hydrogen) atoms. The van der Waals surface area contributed by atoms with Gasteiger partial charge in [-0.25, -0.2) is 18.9 Å². The summed E-state index contributed by atoms with van der Waals surface area (Å²) in [4.78, 5) is 39.3. The Hall–Kier alpha value is -4.99. The van der Waals surface area contributed by atoms with Crippen LogP contribution in [0.15, 0.2) is 82.0 Å². The Labute approximate surface area is 282 Å². The van der Waals surface area contributed by atoms with E-state index in [0.29, 0.717) is 10.9 Å². The first-order valence-electron chi connectivity index (χ1n) is 15.7. The van der Waals surface area contributed by atoms with E-state index in [1.54, 1.807) is 12.1 Å². The number of carbonyl (C=O) groups excluding carboxylic acids is 1. The van der Waals surface area contributed by atoms with E-state index in [0.717, 1.165) is 41.0 Å². The van der Waals surface area contributed by atoms with Crippen LogP contribution in [-0.2, 0) is 34.3 Å². The predicted molar refractivity (Wildman–Crippen MR) is 180 cm³/mol. The number of anilines is 1. The maximum atomic E-state index is 13.6. The number of aliphatic carboxylic acids is 1. The van der Waals surface area contributed by atoms with Crippen LogP contribution in [0.3, 0.4) is 0 Å². The summed E-state index contributed by atoms with van der Waals surface area (Å²) in [7, 11) is -4.53. The van der Waals surface area contributed by atoms with Crippen molar-refractivity contribution in [2.24, 2.45) is 0 Å². The van der Waals surface area contributed by atoms with Crippen LogP contribution in [0.5, 0.6) is 0 Å². The Morgan fingerprint density at radius 2 is 1.67 bits per heavy atom. The number of amides is 1. The minimum atomic E-state index is -4.53. The summed E-state index contributed by atoms with van der Waals surface area (Å²) < 4.78 is 40.6. The lowest BCUT2D eigenvalue weighted by molar-refractivity contribution is -0.140. The van der Waals surface area contributed by atoms with Gasteiger partial charge in [0.25, 0.3) is 0 Å². The standard InChI is InChI=1S/C35H36N3O10P/c1-3-38(4-2)24-14-15-25-23(18-33(39)48-32(25)19-24)20-46-49(43,45-17-9-16-36)47-22-31(34(40)41)37-35(42)44-21-30-28-12-7-5-10-26(28)27-11-6-8-13-29(27)30/h5-8,10-15,18-19,30-31H,3-4,9,17,20-22H2,1-2H3,(H,37,42)(H,40,41)/t31-,49?/m0/s1. The number of alkyl carbamates (subject to hydrolysis) is 1. The van der Waals surface area contributed by atoms with E-state index in [9.17, 15) is 24.1 Å². The van der Waals surface area contributed by atoms with E-state index in [1.165, 1.54) is 6.07 Å². The smallest absolute Gasteiger partial charge is 0.475 e. The molecule has 0 saturated heterocycles. The number of carboxylic acid groups (broad SMARTS) is 1. The van der Waals surface area contributed by atoms with Crippen molar-refractivity contribution in [3.8, 4) is 17.2 Å². The molecule has 1 amide bonds. The number of benzene rings is 3. The molecule has 1 unspecified atom stereocenters. The van der Waals surface area contributed by atoms with E-state index in [2.05, 4.69) is 10.2 Å². The number of carbonyl (C=O) groups is 2. The van der Waals surface area contributed by atoms with Crippen LogP contribution < -0.4 is 15.8 Å². The molecule has 13 nitrogen and oxygen atoms in total. The van der Waals surface area contributed by atoms with E-state index < -0.39 is 44.8 Å². The third-order valence-corrected chi connectivity index (χ3v) is 9.53. The first kappa shape index (κ1) is 35.3. The number of rotatable bonds is 16. The zero-order chi connectivity index (χ0) is 35.0.